The van der Waals surface area contributed by atoms with Crippen LogP contribution in [0.4, 0.5) is 11.4 Å². The van der Waals surface area contributed by atoms with Gasteiger partial charge in [0.2, 0.25) is 0 Å². The molecule has 0 aliphatic heterocycles. The fraction of sp³-hybridized carbons (Fsp3) is 0.133. The number of anilines is 1. The quantitative estimate of drug-likeness (QED) is 0.643. The lowest BCUT2D eigenvalue weighted by Gasteiger charge is -2.10. The zero-order chi connectivity index (χ0) is 17.0. The maximum absolute atomic E-state index is 11.9. The number of rotatable bonds is 5. The highest BCUT2D eigenvalue weighted by molar-refractivity contribution is 6.42. The van der Waals surface area contributed by atoms with Crippen molar-refractivity contribution in [3.8, 4) is 5.75 Å². The molecule has 0 saturated heterocycles. The molecule has 1 amide bonds. The molecule has 2 aromatic carbocycles. The summed E-state index contributed by atoms with van der Waals surface area (Å²) in [6.07, 6.45) is 0. The first-order valence-corrected chi connectivity index (χ1v) is 7.26. The highest BCUT2D eigenvalue weighted by Gasteiger charge is 2.12. The van der Waals surface area contributed by atoms with Crippen LogP contribution in [0.1, 0.15) is 5.56 Å². The Labute approximate surface area is 142 Å². The van der Waals surface area contributed by atoms with Crippen molar-refractivity contribution < 1.29 is 14.5 Å². The number of non-ortho nitro benzene ring substituents is 1. The van der Waals surface area contributed by atoms with Crippen molar-refractivity contribution in [2.24, 2.45) is 0 Å². The predicted molar refractivity (Wildman–Crippen MR) is 88.4 cm³/mol. The lowest BCUT2D eigenvalue weighted by atomic mass is 10.2. The van der Waals surface area contributed by atoms with Crippen LogP contribution < -0.4 is 10.1 Å². The number of nitro benzene ring substituents is 1. The summed E-state index contributed by atoms with van der Waals surface area (Å²) < 4.78 is 5.32. The first kappa shape index (κ1) is 17.1. The van der Waals surface area contributed by atoms with Gasteiger partial charge in [0.05, 0.1) is 9.95 Å². The van der Waals surface area contributed by atoms with E-state index in [0.717, 1.165) is 0 Å². The van der Waals surface area contributed by atoms with Crippen molar-refractivity contribution in [2.45, 2.75) is 6.92 Å². The van der Waals surface area contributed by atoms with E-state index in [-0.39, 0.29) is 17.3 Å². The topological polar surface area (TPSA) is 81.5 Å². The number of hydrogen-bond acceptors (Lipinski definition) is 4. The van der Waals surface area contributed by atoms with E-state index in [1.807, 2.05) is 0 Å². The summed E-state index contributed by atoms with van der Waals surface area (Å²) in [4.78, 5) is 22.1. The molecule has 0 saturated carbocycles. The van der Waals surface area contributed by atoms with E-state index in [4.69, 9.17) is 27.9 Å². The van der Waals surface area contributed by atoms with E-state index >= 15 is 0 Å². The maximum atomic E-state index is 11.9. The van der Waals surface area contributed by atoms with Crippen LogP contribution in [-0.2, 0) is 4.79 Å². The number of carbonyl (C=O) groups is 1. The summed E-state index contributed by atoms with van der Waals surface area (Å²) in [6, 6.07) is 9.02. The fourth-order valence-electron chi connectivity index (χ4n) is 1.83. The van der Waals surface area contributed by atoms with Gasteiger partial charge in [0.15, 0.2) is 6.61 Å². The van der Waals surface area contributed by atoms with E-state index in [1.165, 1.54) is 18.2 Å². The Morgan fingerprint density at radius 1 is 1.30 bits per heavy atom. The zero-order valence-corrected chi connectivity index (χ0v) is 13.5. The van der Waals surface area contributed by atoms with Crippen molar-refractivity contribution >= 4 is 40.5 Å². The number of hydrogen-bond donors (Lipinski definition) is 1. The Balaban J connectivity index is 2.00. The van der Waals surface area contributed by atoms with Crippen molar-refractivity contribution in [1.29, 1.82) is 0 Å². The summed E-state index contributed by atoms with van der Waals surface area (Å²) >= 11 is 11.8. The average molecular weight is 355 g/mol. The van der Waals surface area contributed by atoms with Crippen molar-refractivity contribution in [3.63, 3.8) is 0 Å². The predicted octanol–water partition coefficient (Wildman–Crippen LogP) is 4.23. The van der Waals surface area contributed by atoms with Gasteiger partial charge < -0.3 is 10.1 Å². The molecule has 0 aliphatic carbocycles. The molecule has 0 aliphatic rings. The van der Waals surface area contributed by atoms with E-state index in [1.54, 1.807) is 25.1 Å². The van der Waals surface area contributed by atoms with Gasteiger partial charge in [-0.05, 0) is 30.7 Å². The van der Waals surface area contributed by atoms with Gasteiger partial charge in [-0.15, -0.1) is 0 Å². The molecule has 6 nitrogen and oxygen atoms in total. The highest BCUT2D eigenvalue weighted by Crippen LogP contribution is 2.31. The Kier molecular flexibility index (Phi) is 5.41. The Morgan fingerprint density at radius 2 is 2.04 bits per heavy atom. The van der Waals surface area contributed by atoms with Gasteiger partial charge in [-0.25, -0.2) is 0 Å². The third kappa shape index (κ3) is 4.34. The first-order valence-electron chi connectivity index (χ1n) is 6.50. The Morgan fingerprint density at radius 3 is 2.70 bits per heavy atom. The molecular formula is C15H12Cl2N2O4. The molecule has 0 bridgehead atoms. The standard InChI is InChI=1S/C15H12Cl2N2O4/c1-9-7-10(19(21)22)5-6-12(9)18-14(20)8-23-13-4-2-3-11(16)15(13)17/h2-7H,8H2,1H3,(H,18,20). The number of nitrogens with zero attached hydrogens (tertiary/aromatic N) is 1. The molecule has 0 unspecified atom stereocenters. The second-order valence-electron chi connectivity index (χ2n) is 4.65. The van der Waals surface area contributed by atoms with Crippen LogP contribution in [0.2, 0.25) is 10.0 Å². The van der Waals surface area contributed by atoms with Crippen LogP contribution in [0.25, 0.3) is 0 Å². The van der Waals surface area contributed by atoms with Gasteiger partial charge in [0.25, 0.3) is 11.6 Å². The SMILES string of the molecule is Cc1cc([N+](=O)[O-])ccc1NC(=O)COc1cccc(Cl)c1Cl. The van der Waals surface area contributed by atoms with Crippen molar-refractivity contribution in [2.75, 3.05) is 11.9 Å². The molecule has 0 aromatic heterocycles. The van der Waals surface area contributed by atoms with Gasteiger partial charge in [0, 0.05) is 17.8 Å². The molecule has 2 aromatic rings. The minimum atomic E-state index is -0.497. The summed E-state index contributed by atoms with van der Waals surface area (Å²) in [5.41, 5.74) is 1.01. The van der Waals surface area contributed by atoms with Crippen molar-refractivity contribution in [1.82, 2.24) is 0 Å². The summed E-state index contributed by atoms with van der Waals surface area (Å²) in [7, 11) is 0. The number of benzene rings is 2. The van der Waals surface area contributed by atoms with Crippen molar-refractivity contribution in [3.05, 3.63) is 62.1 Å². The second-order valence-corrected chi connectivity index (χ2v) is 5.43. The van der Waals surface area contributed by atoms with E-state index in [2.05, 4.69) is 5.32 Å². The van der Waals surface area contributed by atoms with Gasteiger partial charge in [0.1, 0.15) is 10.8 Å². The Bertz CT molecular complexity index is 765. The Hall–Kier alpha value is -2.31. The number of halogens is 2. The molecule has 0 atom stereocenters. The number of carbonyl (C=O) groups excluding carboxylic acids is 1. The number of aryl methyl sites for hydroxylation is 1. The lowest BCUT2D eigenvalue weighted by molar-refractivity contribution is -0.384. The average Bonchev–Trinajstić information content (AvgIpc) is 2.50. The van der Waals surface area contributed by atoms with Crippen LogP contribution in [0.15, 0.2) is 36.4 Å². The van der Waals surface area contributed by atoms with Crippen LogP contribution >= 0.6 is 23.2 Å². The van der Waals surface area contributed by atoms with Gasteiger partial charge in [-0.2, -0.15) is 0 Å². The zero-order valence-electron chi connectivity index (χ0n) is 12.0. The monoisotopic (exact) mass is 354 g/mol. The fourth-order valence-corrected chi connectivity index (χ4v) is 2.17. The summed E-state index contributed by atoms with van der Waals surface area (Å²) in [5.74, 6) is -0.118. The van der Waals surface area contributed by atoms with Crippen LogP contribution in [-0.4, -0.2) is 17.4 Å². The smallest absolute Gasteiger partial charge is 0.269 e. The van der Waals surface area contributed by atoms with Crippen LogP contribution in [0.5, 0.6) is 5.75 Å². The van der Waals surface area contributed by atoms with E-state index < -0.39 is 10.8 Å². The molecular weight excluding hydrogens is 343 g/mol. The van der Waals surface area contributed by atoms with E-state index in [0.29, 0.717) is 22.0 Å². The summed E-state index contributed by atoms with van der Waals surface area (Å²) in [5, 5.41) is 13.9. The maximum Gasteiger partial charge on any atom is 0.269 e. The van der Waals surface area contributed by atoms with Gasteiger partial charge in [-0.1, -0.05) is 29.3 Å². The minimum Gasteiger partial charge on any atom is -0.482 e. The summed E-state index contributed by atoms with van der Waals surface area (Å²) in [6.45, 7) is 1.40. The van der Waals surface area contributed by atoms with E-state index in [9.17, 15) is 14.9 Å². The first-order chi connectivity index (χ1) is 10.9. The third-order valence-electron chi connectivity index (χ3n) is 2.97. The molecule has 0 radical (unpaired) electrons. The number of amides is 1. The lowest BCUT2D eigenvalue weighted by Crippen LogP contribution is -2.20. The molecule has 8 heteroatoms. The second kappa shape index (κ2) is 7.30. The van der Waals surface area contributed by atoms with Crippen LogP contribution in [0.3, 0.4) is 0 Å². The molecule has 1 N–H and O–H groups in total. The molecule has 0 heterocycles. The largest absolute Gasteiger partial charge is 0.482 e. The third-order valence-corrected chi connectivity index (χ3v) is 3.77. The van der Waals surface area contributed by atoms with Gasteiger partial charge >= 0.3 is 0 Å². The molecule has 0 spiro atoms. The molecule has 0 fully saturated rings. The van der Waals surface area contributed by atoms with Gasteiger partial charge in [-0.3, -0.25) is 14.9 Å². The molecule has 120 valence electrons. The molecule has 23 heavy (non-hydrogen) atoms. The normalized spacial score (nSPS) is 10.2. The minimum absolute atomic E-state index is 0.0394. The number of ether oxygens (including phenoxy) is 1. The number of nitro groups is 1. The number of nitrogens with one attached hydrogen (secondary N) is 1. The molecule has 2 rings (SSSR count). The van der Waals surface area contributed by atoms with Crippen LogP contribution in [0, 0.1) is 17.0 Å². The highest BCUT2D eigenvalue weighted by atomic mass is 35.5.